The van der Waals surface area contributed by atoms with Crippen LogP contribution in [-0.4, -0.2) is 65.4 Å². The van der Waals surface area contributed by atoms with Gasteiger partial charge in [-0.3, -0.25) is 14.6 Å². The fraction of sp³-hybridized carbons (Fsp3) is 0.545. The lowest BCUT2D eigenvalue weighted by atomic mass is 10.1. The van der Waals surface area contributed by atoms with Crippen LogP contribution in [0.5, 0.6) is 0 Å². The molecule has 29 heavy (non-hydrogen) atoms. The van der Waals surface area contributed by atoms with E-state index in [0.29, 0.717) is 12.6 Å². The Morgan fingerprint density at radius 1 is 1.34 bits per heavy atom. The molecule has 0 amide bonds. The first-order chi connectivity index (χ1) is 14.0. The molecule has 2 heterocycles. The minimum absolute atomic E-state index is 0.0166. The lowest BCUT2D eigenvalue weighted by Crippen LogP contribution is -2.48. The molecule has 7 nitrogen and oxygen atoms in total. The topological polar surface area (TPSA) is 57.9 Å². The van der Waals surface area contributed by atoms with E-state index < -0.39 is 0 Å². The monoisotopic (exact) mass is 398 g/mol. The van der Waals surface area contributed by atoms with Crippen LogP contribution >= 0.6 is 0 Å². The average molecular weight is 399 g/mol. The second kappa shape index (κ2) is 9.89. The zero-order valence-corrected chi connectivity index (χ0v) is 18.3. The molecule has 0 saturated carbocycles. The number of morpholine rings is 1. The number of benzene rings is 1. The predicted octanol–water partition coefficient (Wildman–Crippen LogP) is 2.41. The summed E-state index contributed by atoms with van der Waals surface area (Å²) in [5, 5.41) is 7.83. The van der Waals surface area contributed by atoms with E-state index in [0.717, 1.165) is 37.7 Å². The van der Waals surface area contributed by atoms with E-state index in [-0.39, 0.29) is 6.10 Å². The molecule has 3 rings (SSSR count). The standard InChI is InChI=1S/C22H34N6O/c1-17(2)26(4)14-19-9-7-6-8-18(19)12-24-22(23-3)28-10-11-29-21(16-28)20-13-25-27(5)15-20/h6-9,13,15,17,21H,10-12,14,16H2,1-5H3,(H,23,24). The van der Waals surface area contributed by atoms with Gasteiger partial charge in [0.2, 0.25) is 0 Å². The van der Waals surface area contributed by atoms with Crippen LogP contribution in [0.4, 0.5) is 0 Å². The first kappa shape index (κ1) is 21.3. The van der Waals surface area contributed by atoms with Gasteiger partial charge in [-0.15, -0.1) is 0 Å². The quantitative estimate of drug-likeness (QED) is 0.598. The van der Waals surface area contributed by atoms with Gasteiger partial charge in [0.25, 0.3) is 0 Å². The SMILES string of the molecule is CN=C(NCc1ccccc1CN(C)C(C)C)N1CCOC(c2cnn(C)c2)C1. The first-order valence-corrected chi connectivity index (χ1v) is 10.3. The Balaban J connectivity index is 1.63. The molecule has 1 saturated heterocycles. The minimum Gasteiger partial charge on any atom is -0.370 e. The number of rotatable bonds is 6. The van der Waals surface area contributed by atoms with Crippen molar-refractivity contribution in [3.8, 4) is 0 Å². The molecule has 0 spiro atoms. The van der Waals surface area contributed by atoms with Crippen molar-refractivity contribution >= 4 is 5.96 Å². The van der Waals surface area contributed by atoms with Crippen LogP contribution in [0.25, 0.3) is 0 Å². The first-order valence-electron chi connectivity index (χ1n) is 10.3. The highest BCUT2D eigenvalue weighted by atomic mass is 16.5. The van der Waals surface area contributed by atoms with E-state index in [4.69, 9.17) is 4.74 Å². The normalized spacial score (nSPS) is 18.0. The molecule has 7 heteroatoms. The van der Waals surface area contributed by atoms with Crippen molar-refractivity contribution in [3.63, 3.8) is 0 Å². The zero-order chi connectivity index (χ0) is 20.8. The predicted molar refractivity (Wildman–Crippen MR) is 117 cm³/mol. The van der Waals surface area contributed by atoms with Crippen molar-refractivity contribution in [2.45, 2.75) is 39.1 Å². The fourth-order valence-corrected chi connectivity index (χ4v) is 3.49. The third kappa shape index (κ3) is 5.58. The molecule has 1 atom stereocenters. The average Bonchev–Trinajstić information content (AvgIpc) is 3.16. The maximum Gasteiger partial charge on any atom is 0.194 e. The molecular formula is C22H34N6O. The Hall–Kier alpha value is -2.38. The molecule has 1 aliphatic rings. The van der Waals surface area contributed by atoms with Gasteiger partial charge in [0.1, 0.15) is 6.10 Å². The molecule has 2 aromatic rings. The van der Waals surface area contributed by atoms with Gasteiger partial charge in [0.05, 0.1) is 19.3 Å². The Morgan fingerprint density at radius 3 is 2.76 bits per heavy atom. The lowest BCUT2D eigenvalue weighted by molar-refractivity contribution is -0.00805. The number of hydrogen-bond donors (Lipinski definition) is 1. The van der Waals surface area contributed by atoms with Crippen molar-refractivity contribution in [3.05, 3.63) is 53.3 Å². The summed E-state index contributed by atoms with van der Waals surface area (Å²) in [5.74, 6) is 0.911. The van der Waals surface area contributed by atoms with Crippen LogP contribution in [0.15, 0.2) is 41.7 Å². The number of aryl methyl sites for hydroxylation is 1. The van der Waals surface area contributed by atoms with Gasteiger partial charge < -0.3 is 15.0 Å². The van der Waals surface area contributed by atoms with Gasteiger partial charge in [-0.1, -0.05) is 24.3 Å². The molecule has 1 aliphatic heterocycles. The summed E-state index contributed by atoms with van der Waals surface area (Å²) in [5.41, 5.74) is 3.76. The zero-order valence-electron chi connectivity index (χ0n) is 18.3. The molecule has 158 valence electrons. The number of aromatic nitrogens is 2. The van der Waals surface area contributed by atoms with Gasteiger partial charge >= 0.3 is 0 Å². The number of aliphatic imine (C=N–C) groups is 1. The summed E-state index contributed by atoms with van der Waals surface area (Å²) >= 11 is 0. The number of ether oxygens (including phenoxy) is 1. The van der Waals surface area contributed by atoms with Crippen molar-refractivity contribution < 1.29 is 4.74 Å². The maximum atomic E-state index is 5.97. The summed E-state index contributed by atoms with van der Waals surface area (Å²) in [7, 11) is 5.94. The third-order valence-corrected chi connectivity index (χ3v) is 5.53. The maximum absolute atomic E-state index is 5.97. The van der Waals surface area contributed by atoms with Gasteiger partial charge in [-0.2, -0.15) is 5.10 Å². The van der Waals surface area contributed by atoms with Crippen LogP contribution in [0.2, 0.25) is 0 Å². The van der Waals surface area contributed by atoms with Gasteiger partial charge in [-0.25, -0.2) is 0 Å². The van der Waals surface area contributed by atoms with Crippen LogP contribution in [-0.2, 0) is 24.9 Å². The number of guanidine groups is 1. The Bertz CT molecular complexity index is 815. The molecule has 0 bridgehead atoms. The molecule has 1 aromatic heterocycles. The van der Waals surface area contributed by atoms with Crippen molar-refractivity contribution in [2.75, 3.05) is 33.8 Å². The highest BCUT2D eigenvalue weighted by Crippen LogP contribution is 2.21. The van der Waals surface area contributed by atoms with Gasteiger partial charge in [0, 0.05) is 51.5 Å². The molecule has 1 unspecified atom stereocenters. The number of nitrogens with zero attached hydrogens (tertiary/aromatic N) is 5. The summed E-state index contributed by atoms with van der Waals surface area (Å²) in [6.07, 6.45) is 3.92. The second-order valence-electron chi connectivity index (χ2n) is 7.93. The van der Waals surface area contributed by atoms with E-state index in [1.807, 2.05) is 31.2 Å². The summed E-state index contributed by atoms with van der Waals surface area (Å²) in [6, 6.07) is 9.14. The highest BCUT2D eigenvalue weighted by molar-refractivity contribution is 5.80. The largest absolute Gasteiger partial charge is 0.370 e. The van der Waals surface area contributed by atoms with E-state index >= 15 is 0 Å². The molecule has 1 aromatic carbocycles. The molecule has 1 fully saturated rings. The summed E-state index contributed by atoms with van der Waals surface area (Å²) in [6.45, 7) is 8.41. The summed E-state index contributed by atoms with van der Waals surface area (Å²) < 4.78 is 7.78. The van der Waals surface area contributed by atoms with E-state index in [9.17, 15) is 0 Å². The van der Waals surface area contributed by atoms with E-state index in [1.54, 1.807) is 0 Å². The van der Waals surface area contributed by atoms with Gasteiger partial charge in [-0.05, 0) is 32.0 Å². The number of nitrogens with one attached hydrogen (secondary N) is 1. The van der Waals surface area contributed by atoms with Crippen LogP contribution in [0.1, 0.15) is 36.6 Å². The Morgan fingerprint density at radius 2 is 2.10 bits per heavy atom. The molecule has 0 radical (unpaired) electrons. The van der Waals surface area contributed by atoms with Gasteiger partial charge in [0.15, 0.2) is 5.96 Å². The molecule has 1 N–H and O–H groups in total. The molecular weight excluding hydrogens is 364 g/mol. The van der Waals surface area contributed by atoms with E-state index in [2.05, 4.69) is 70.4 Å². The Labute approximate surface area is 174 Å². The summed E-state index contributed by atoms with van der Waals surface area (Å²) in [4.78, 5) is 9.15. The Kier molecular flexibility index (Phi) is 7.28. The van der Waals surface area contributed by atoms with E-state index in [1.165, 1.54) is 11.1 Å². The molecule has 0 aliphatic carbocycles. The van der Waals surface area contributed by atoms with Crippen molar-refractivity contribution in [2.24, 2.45) is 12.0 Å². The highest BCUT2D eigenvalue weighted by Gasteiger charge is 2.25. The van der Waals surface area contributed by atoms with Crippen molar-refractivity contribution in [1.29, 1.82) is 0 Å². The lowest BCUT2D eigenvalue weighted by Gasteiger charge is -2.35. The third-order valence-electron chi connectivity index (χ3n) is 5.53. The van der Waals surface area contributed by atoms with Crippen LogP contribution in [0.3, 0.4) is 0 Å². The van der Waals surface area contributed by atoms with Crippen LogP contribution in [0, 0.1) is 0 Å². The number of hydrogen-bond acceptors (Lipinski definition) is 4. The fourth-order valence-electron chi connectivity index (χ4n) is 3.49. The van der Waals surface area contributed by atoms with Crippen LogP contribution < -0.4 is 5.32 Å². The smallest absolute Gasteiger partial charge is 0.194 e. The minimum atomic E-state index is 0.0166. The second-order valence-corrected chi connectivity index (χ2v) is 7.93. The van der Waals surface area contributed by atoms with Crippen molar-refractivity contribution in [1.82, 2.24) is 24.9 Å².